The molecule has 1 fully saturated rings. The van der Waals surface area contributed by atoms with Gasteiger partial charge in [-0.1, -0.05) is 35.9 Å². The van der Waals surface area contributed by atoms with Crippen LogP contribution in [0.1, 0.15) is 17.5 Å². The molecule has 36 heavy (non-hydrogen) atoms. The number of likely N-dealkylation sites (tertiary alicyclic amines) is 1. The van der Waals surface area contributed by atoms with E-state index < -0.39 is 0 Å². The lowest BCUT2D eigenvalue weighted by atomic mass is 9.97. The third-order valence-electron chi connectivity index (χ3n) is 7.25. The first-order valence-electron chi connectivity index (χ1n) is 12.4. The maximum Gasteiger partial charge on any atom is 0.163 e. The molecule has 0 bridgehead atoms. The number of hydrogen-bond acceptors (Lipinski definition) is 7. The number of nitrogens with two attached hydrogens (primary N) is 1. The van der Waals surface area contributed by atoms with Gasteiger partial charge in [-0.15, -0.1) is 0 Å². The van der Waals surface area contributed by atoms with Gasteiger partial charge >= 0.3 is 0 Å². The number of halogens is 1. The minimum atomic E-state index is 0.430. The molecule has 6 rings (SSSR count). The lowest BCUT2D eigenvalue weighted by Gasteiger charge is -2.20. The van der Waals surface area contributed by atoms with E-state index in [0.29, 0.717) is 24.1 Å². The second kappa shape index (κ2) is 9.65. The Hall–Kier alpha value is -3.26. The van der Waals surface area contributed by atoms with E-state index in [4.69, 9.17) is 22.1 Å². The Kier molecular flexibility index (Phi) is 6.21. The summed E-state index contributed by atoms with van der Waals surface area (Å²) in [7, 11) is 2.16. The number of anilines is 2. The van der Waals surface area contributed by atoms with Crippen molar-refractivity contribution in [3.05, 3.63) is 71.1 Å². The van der Waals surface area contributed by atoms with E-state index in [0.717, 1.165) is 77.5 Å². The van der Waals surface area contributed by atoms with Crippen LogP contribution in [-0.4, -0.2) is 53.1 Å². The van der Waals surface area contributed by atoms with Crippen molar-refractivity contribution in [2.75, 3.05) is 38.2 Å². The van der Waals surface area contributed by atoms with Gasteiger partial charge < -0.3 is 20.3 Å². The Labute approximate surface area is 215 Å². The molecule has 0 spiro atoms. The van der Waals surface area contributed by atoms with Gasteiger partial charge in [0.25, 0.3) is 0 Å². The molecular weight excluding hydrogens is 472 g/mol. The summed E-state index contributed by atoms with van der Waals surface area (Å²) in [6.45, 7) is 4.12. The molecule has 7 nitrogen and oxygen atoms in total. The summed E-state index contributed by atoms with van der Waals surface area (Å²) in [5.74, 6) is 2.10. The largest absolute Gasteiger partial charge is 0.492 e. The predicted molar refractivity (Wildman–Crippen MR) is 144 cm³/mol. The monoisotopic (exact) mass is 500 g/mol. The Morgan fingerprint density at radius 3 is 2.78 bits per heavy atom. The quantitative estimate of drug-likeness (QED) is 0.406. The molecule has 2 aliphatic heterocycles. The van der Waals surface area contributed by atoms with E-state index in [1.807, 2.05) is 18.2 Å². The highest BCUT2D eigenvalue weighted by atomic mass is 35.5. The zero-order chi connectivity index (χ0) is 24.6. The molecule has 4 heterocycles. The molecule has 0 saturated carbocycles. The maximum atomic E-state index is 6.93. The lowest BCUT2D eigenvalue weighted by Crippen LogP contribution is -2.18. The fourth-order valence-electron chi connectivity index (χ4n) is 5.39. The van der Waals surface area contributed by atoms with E-state index >= 15 is 0 Å². The SMILES string of the molecule is CN1CC[C@H](COc2cccc(-c3cccc4c3CCN4c3ncnc4cc(CN)cnc34)c2Cl)C1. The van der Waals surface area contributed by atoms with Gasteiger partial charge in [0.15, 0.2) is 5.82 Å². The molecule has 8 heteroatoms. The molecule has 1 saturated heterocycles. The highest BCUT2D eigenvalue weighted by molar-refractivity contribution is 6.35. The molecule has 2 aliphatic rings. The molecule has 2 aromatic carbocycles. The highest BCUT2D eigenvalue weighted by Crippen LogP contribution is 2.44. The molecule has 0 aliphatic carbocycles. The Bertz CT molecular complexity index is 1430. The van der Waals surface area contributed by atoms with Gasteiger partial charge in [0.1, 0.15) is 17.6 Å². The number of nitrogens with zero attached hydrogens (tertiary/aromatic N) is 5. The van der Waals surface area contributed by atoms with Crippen molar-refractivity contribution < 1.29 is 4.74 Å². The second-order valence-electron chi connectivity index (χ2n) is 9.66. The smallest absolute Gasteiger partial charge is 0.163 e. The molecule has 184 valence electrons. The van der Waals surface area contributed by atoms with E-state index in [2.05, 4.69) is 56.1 Å². The van der Waals surface area contributed by atoms with Crippen LogP contribution in [0.4, 0.5) is 11.5 Å². The minimum absolute atomic E-state index is 0.430. The summed E-state index contributed by atoms with van der Waals surface area (Å²) in [4.78, 5) is 18.3. The zero-order valence-electron chi connectivity index (χ0n) is 20.3. The van der Waals surface area contributed by atoms with Gasteiger partial charge in [0.2, 0.25) is 0 Å². The first kappa shape index (κ1) is 23.2. The molecule has 2 N–H and O–H groups in total. The van der Waals surface area contributed by atoms with Crippen molar-refractivity contribution >= 4 is 34.1 Å². The summed E-state index contributed by atoms with van der Waals surface area (Å²) in [6.07, 6.45) is 5.45. The molecular formula is C28H29ClN6O. The van der Waals surface area contributed by atoms with Gasteiger partial charge in [-0.25, -0.2) is 9.97 Å². The van der Waals surface area contributed by atoms with Crippen molar-refractivity contribution in [3.8, 4) is 16.9 Å². The fraction of sp³-hybridized carbons (Fsp3) is 0.321. The van der Waals surface area contributed by atoms with Gasteiger partial charge in [-0.05, 0) is 61.3 Å². The number of aromatic nitrogens is 3. The van der Waals surface area contributed by atoms with Crippen LogP contribution in [0.15, 0.2) is 55.0 Å². The zero-order valence-corrected chi connectivity index (χ0v) is 21.1. The maximum absolute atomic E-state index is 6.93. The van der Waals surface area contributed by atoms with Gasteiger partial charge in [0.05, 0.1) is 17.1 Å². The van der Waals surface area contributed by atoms with Gasteiger partial charge in [-0.3, -0.25) is 4.98 Å². The number of rotatable bonds is 6. The van der Waals surface area contributed by atoms with Crippen LogP contribution in [0.3, 0.4) is 0 Å². The lowest BCUT2D eigenvalue weighted by molar-refractivity contribution is 0.249. The number of pyridine rings is 1. The van der Waals surface area contributed by atoms with Crippen LogP contribution in [0, 0.1) is 5.92 Å². The normalized spacial score (nSPS) is 17.6. The van der Waals surface area contributed by atoms with E-state index in [1.165, 1.54) is 5.56 Å². The van der Waals surface area contributed by atoms with Crippen LogP contribution in [0.5, 0.6) is 5.75 Å². The van der Waals surface area contributed by atoms with Crippen LogP contribution in [0.2, 0.25) is 5.02 Å². The minimum Gasteiger partial charge on any atom is -0.492 e. The number of fused-ring (bicyclic) bond motifs is 2. The average Bonchev–Trinajstić information content (AvgIpc) is 3.53. The Morgan fingerprint density at radius 2 is 1.94 bits per heavy atom. The number of benzene rings is 2. The fourth-order valence-corrected chi connectivity index (χ4v) is 5.67. The van der Waals surface area contributed by atoms with Crippen LogP contribution in [-0.2, 0) is 13.0 Å². The van der Waals surface area contributed by atoms with Crippen molar-refractivity contribution in [1.82, 2.24) is 19.9 Å². The van der Waals surface area contributed by atoms with E-state index in [-0.39, 0.29) is 0 Å². The highest BCUT2D eigenvalue weighted by Gasteiger charge is 2.27. The first-order chi connectivity index (χ1) is 17.6. The van der Waals surface area contributed by atoms with Gasteiger partial charge in [-0.2, -0.15) is 0 Å². The molecule has 2 aromatic heterocycles. The van der Waals surface area contributed by atoms with Crippen LogP contribution >= 0.6 is 11.6 Å². The summed E-state index contributed by atoms with van der Waals surface area (Å²) >= 11 is 6.93. The van der Waals surface area contributed by atoms with Crippen LogP contribution < -0.4 is 15.4 Å². The summed E-state index contributed by atoms with van der Waals surface area (Å²) in [5.41, 5.74) is 12.8. The molecule has 0 radical (unpaired) electrons. The third kappa shape index (κ3) is 4.17. The molecule has 0 amide bonds. The predicted octanol–water partition coefficient (Wildman–Crippen LogP) is 4.83. The molecule has 1 atom stereocenters. The standard InChI is InChI=1S/C28H29ClN6O/c1-34-10-8-18(15-34)16-36-25-7-3-5-22(26(25)29)20-4-2-6-24-21(20)9-11-35(24)28-27-23(32-17-33-28)12-19(13-30)14-31-27/h2-7,12,14,17-18H,8-11,13,15-16,30H2,1H3/t18-/m0/s1. The van der Waals surface area contributed by atoms with Crippen LogP contribution in [0.25, 0.3) is 22.2 Å². The summed E-state index contributed by atoms with van der Waals surface area (Å²) < 4.78 is 6.20. The average molecular weight is 501 g/mol. The third-order valence-corrected chi connectivity index (χ3v) is 7.64. The summed E-state index contributed by atoms with van der Waals surface area (Å²) in [6, 6.07) is 14.4. The van der Waals surface area contributed by atoms with Gasteiger partial charge in [0, 0.05) is 43.0 Å². The van der Waals surface area contributed by atoms with Crippen molar-refractivity contribution in [2.45, 2.75) is 19.4 Å². The first-order valence-corrected chi connectivity index (χ1v) is 12.8. The van der Waals surface area contributed by atoms with Crippen molar-refractivity contribution in [1.29, 1.82) is 0 Å². The molecule has 0 unspecified atom stereocenters. The van der Waals surface area contributed by atoms with E-state index in [9.17, 15) is 0 Å². The summed E-state index contributed by atoms with van der Waals surface area (Å²) in [5, 5.41) is 0.666. The number of hydrogen-bond donors (Lipinski definition) is 1. The topological polar surface area (TPSA) is 80.4 Å². The molecule has 4 aromatic rings. The Balaban J connectivity index is 1.33. The van der Waals surface area contributed by atoms with E-state index in [1.54, 1.807) is 12.5 Å². The Morgan fingerprint density at radius 1 is 1.08 bits per heavy atom. The van der Waals surface area contributed by atoms with Crippen molar-refractivity contribution in [3.63, 3.8) is 0 Å². The van der Waals surface area contributed by atoms with Crippen molar-refractivity contribution in [2.24, 2.45) is 11.7 Å². The second-order valence-corrected chi connectivity index (χ2v) is 10.0. The number of ether oxygens (including phenoxy) is 1.